The van der Waals surface area contributed by atoms with Crippen LogP contribution in [0.15, 0.2) is 57.6 Å². The molecule has 3 aliphatic rings. The van der Waals surface area contributed by atoms with Crippen LogP contribution in [0.3, 0.4) is 0 Å². The molecule has 242 valence electrons. The van der Waals surface area contributed by atoms with Crippen molar-refractivity contribution >= 4 is 39.5 Å². The first-order valence-corrected chi connectivity index (χ1v) is 15.6. The van der Waals surface area contributed by atoms with E-state index in [1.807, 2.05) is 26.0 Å². The molecule has 2 amide bonds. The molecule has 0 spiro atoms. The summed E-state index contributed by atoms with van der Waals surface area (Å²) >= 11 is 3.42. The van der Waals surface area contributed by atoms with Crippen molar-refractivity contribution in [1.82, 2.24) is 0 Å². The van der Waals surface area contributed by atoms with Crippen molar-refractivity contribution in [3.8, 4) is 5.75 Å². The molecule has 1 N–H and O–H groups in total. The Bertz CT molecular complexity index is 1530. The highest BCUT2D eigenvalue weighted by molar-refractivity contribution is 9.10. The standard InChI is InChI=1S/C33H32BrF6NO4/c1-3-5-17(10-19-11-22(34)7-8-26(19)42)6-9-27-28-18(4-2)12-24-29(25(28)16-45-27)31(44)41(30(24)43)23-14-20(32(35,36)37)13-21(15-23)33(38,39)40/h7-8,10-11,13-15,24-25,27,29,42H,3-6,9,12,16H2,1-2H3/b17-10+/t24-,25+,27-,29-/m1/s1. The smallest absolute Gasteiger partial charge is 0.416 e. The summed E-state index contributed by atoms with van der Waals surface area (Å²) in [6.45, 7) is 4.08. The molecule has 2 aromatic carbocycles. The number of rotatable bonds is 8. The van der Waals surface area contributed by atoms with E-state index < -0.39 is 58.7 Å². The number of benzene rings is 2. The summed E-state index contributed by atoms with van der Waals surface area (Å²) in [6.07, 6.45) is -5.04. The Kier molecular flexibility index (Phi) is 9.30. The van der Waals surface area contributed by atoms with Crippen molar-refractivity contribution in [2.45, 2.75) is 70.8 Å². The van der Waals surface area contributed by atoms with Gasteiger partial charge in [0, 0.05) is 16.0 Å². The number of aromatic hydroxyl groups is 1. The Hall–Kier alpha value is -3.12. The molecule has 4 atom stereocenters. The fourth-order valence-corrected chi connectivity index (χ4v) is 7.28. The maximum Gasteiger partial charge on any atom is 0.416 e. The van der Waals surface area contributed by atoms with Gasteiger partial charge in [-0.2, -0.15) is 26.3 Å². The summed E-state index contributed by atoms with van der Waals surface area (Å²) in [5.74, 6) is -3.81. The number of anilines is 1. The molecule has 2 fully saturated rings. The molecule has 2 aromatic rings. The molecule has 2 saturated heterocycles. The SMILES string of the molecule is CCC/C(=C\c1cc(Br)ccc1O)CC[C@H]1OC[C@H]2C1=C(CC)C[C@H]1C(=O)N(c3cc(C(F)(F)F)cc(C(F)(F)F)c3)C(=O)[C@H]12. The second-order valence-corrected chi connectivity index (χ2v) is 12.7. The summed E-state index contributed by atoms with van der Waals surface area (Å²) in [7, 11) is 0. The van der Waals surface area contributed by atoms with Crippen LogP contribution >= 0.6 is 15.9 Å². The first-order chi connectivity index (χ1) is 21.1. The molecule has 12 heteroatoms. The zero-order chi connectivity index (χ0) is 32.8. The third kappa shape index (κ3) is 6.58. The Morgan fingerprint density at radius 3 is 2.24 bits per heavy atom. The van der Waals surface area contributed by atoms with Gasteiger partial charge < -0.3 is 9.84 Å². The highest BCUT2D eigenvalue weighted by atomic mass is 79.9. The molecule has 1 aliphatic carbocycles. The van der Waals surface area contributed by atoms with Gasteiger partial charge in [0.25, 0.3) is 0 Å². The van der Waals surface area contributed by atoms with E-state index in [0.717, 1.165) is 34.0 Å². The van der Waals surface area contributed by atoms with Gasteiger partial charge in [-0.3, -0.25) is 9.59 Å². The second-order valence-electron chi connectivity index (χ2n) is 11.7. The average molecular weight is 701 g/mol. The molecule has 2 aliphatic heterocycles. The number of carbonyl (C=O) groups is 2. The van der Waals surface area contributed by atoms with E-state index >= 15 is 0 Å². The van der Waals surface area contributed by atoms with Crippen molar-refractivity contribution in [1.29, 1.82) is 0 Å². The summed E-state index contributed by atoms with van der Waals surface area (Å²) < 4.78 is 88.4. The number of nitrogens with zero attached hydrogens (tertiary/aromatic N) is 1. The molecule has 45 heavy (non-hydrogen) atoms. The molecule has 0 radical (unpaired) electrons. The third-order valence-electron chi connectivity index (χ3n) is 8.91. The number of amides is 2. The molecule has 5 nitrogen and oxygen atoms in total. The molecular formula is C33H32BrF6NO4. The van der Waals surface area contributed by atoms with Gasteiger partial charge in [0.2, 0.25) is 11.8 Å². The average Bonchev–Trinajstić information content (AvgIpc) is 3.50. The number of phenolic OH excluding ortho intramolecular Hbond substituents is 1. The summed E-state index contributed by atoms with van der Waals surface area (Å²) in [4.78, 5) is 27.8. The number of carbonyl (C=O) groups excluding carboxylic acids is 2. The minimum Gasteiger partial charge on any atom is -0.507 e. The van der Waals surface area contributed by atoms with Gasteiger partial charge in [0.1, 0.15) is 5.75 Å². The minimum atomic E-state index is -5.12. The van der Waals surface area contributed by atoms with Crippen molar-refractivity contribution in [2.75, 3.05) is 11.5 Å². The Morgan fingerprint density at radius 2 is 1.64 bits per heavy atom. The lowest BCUT2D eigenvalue weighted by molar-refractivity contribution is -0.143. The van der Waals surface area contributed by atoms with Crippen LogP contribution in [-0.4, -0.2) is 29.6 Å². The highest BCUT2D eigenvalue weighted by Gasteiger charge is 2.57. The Labute approximate surface area is 265 Å². The number of allylic oxidation sites excluding steroid dienone is 2. The van der Waals surface area contributed by atoms with E-state index in [9.17, 15) is 41.0 Å². The van der Waals surface area contributed by atoms with Crippen LogP contribution in [0.25, 0.3) is 6.08 Å². The first-order valence-electron chi connectivity index (χ1n) is 14.8. The number of phenols is 1. The number of hydrogen-bond acceptors (Lipinski definition) is 4. The van der Waals surface area contributed by atoms with Crippen LogP contribution in [0.5, 0.6) is 5.75 Å². The number of imide groups is 1. The quantitative estimate of drug-likeness (QED) is 0.170. The summed E-state index contributed by atoms with van der Waals surface area (Å²) in [5, 5.41) is 10.3. The van der Waals surface area contributed by atoms with Gasteiger partial charge >= 0.3 is 12.4 Å². The zero-order valence-electron chi connectivity index (χ0n) is 24.6. The molecular weight excluding hydrogens is 668 g/mol. The molecule has 0 bridgehead atoms. The largest absolute Gasteiger partial charge is 0.507 e. The summed E-state index contributed by atoms with van der Waals surface area (Å²) in [6, 6.07) is 6.00. The Morgan fingerprint density at radius 1 is 0.978 bits per heavy atom. The fourth-order valence-electron chi connectivity index (χ4n) is 6.90. The lowest BCUT2D eigenvalue weighted by Gasteiger charge is -2.31. The number of fused-ring (bicyclic) bond motifs is 3. The molecule has 5 rings (SSSR count). The number of hydrogen-bond donors (Lipinski definition) is 1. The number of halogens is 7. The number of ether oxygens (including phenoxy) is 1. The predicted molar refractivity (Wildman–Crippen MR) is 159 cm³/mol. The normalized spacial score (nSPS) is 24.0. The fraction of sp³-hybridized carbons (Fsp3) is 0.455. The van der Waals surface area contributed by atoms with Gasteiger partial charge in [0.05, 0.1) is 41.4 Å². The van der Waals surface area contributed by atoms with Gasteiger partial charge in [-0.1, -0.05) is 53.4 Å². The molecule has 0 saturated carbocycles. The van der Waals surface area contributed by atoms with Crippen molar-refractivity contribution in [2.24, 2.45) is 17.8 Å². The molecule has 2 heterocycles. The zero-order valence-corrected chi connectivity index (χ0v) is 26.2. The van der Waals surface area contributed by atoms with Crippen LogP contribution < -0.4 is 4.90 Å². The van der Waals surface area contributed by atoms with Crippen LogP contribution in [0.1, 0.15) is 69.1 Å². The van der Waals surface area contributed by atoms with E-state index in [4.69, 9.17) is 4.74 Å². The van der Waals surface area contributed by atoms with E-state index in [0.29, 0.717) is 41.9 Å². The van der Waals surface area contributed by atoms with Gasteiger partial charge in [-0.15, -0.1) is 0 Å². The topological polar surface area (TPSA) is 66.8 Å². The molecule has 0 aromatic heterocycles. The lowest BCUT2D eigenvalue weighted by atomic mass is 9.69. The van der Waals surface area contributed by atoms with Crippen LogP contribution in [0, 0.1) is 17.8 Å². The van der Waals surface area contributed by atoms with Crippen molar-refractivity contribution in [3.05, 3.63) is 74.3 Å². The maximum absolute atomic E-state index is 13.8. The third-order valence-corrected chi connectivity index (χ3v) is 9.41. The monoisotopic (exact) mass is 699 g/mol. The van der Waals surface area contributed by atoms with Gasteiger partial charge in [0.15, 0.2) is 0 Å². The maximum atomic E-state index is 13.8. The van der Waals surface area contributed by atoms with E-state index in [1.54, 1.807) is 12.1 Å². The summed E-state index contributed by atoms with van der Waals surface area (Å²) in [5.41, 5.74) is -0.319. The minimum absolute atomic E-state index is 0.0228. The van der Waals surface area contributed by atoms with Gasteiger partial charge in [-0.05, 0) is 74.1 Å². The second kappa shape index (κ2) is 12.6. The molecule has 0 unspecified atom stereocenters. The van der Waals surface area contributed by atoms with Crippen molar-refractivity contribution < 1.29 is 45.8 Å². The van der Waals surface area contributed by atoms with E-state index in [1.165, 1.54) is 0 Å². The van der Waals surface area contributed by atoms with Crippen molar-refractivity contribution in [3.63, 3.8) is 0 Å². The number of alkyl halides is 6. The van der Waals surface area contributed by atoms with Gasteiger partial charge in [-0.25, -0.2) is 4.90 Å². The van der Waals surface area contributed by atoms with Crippen LogP contribution in [-0.2, 0) is 26.7 Å². The van der Waals surface area contributed by atoms with Crippen LogP contribution in [0.4, 0.5) is 32.0 Å². The lowest BCUT2D eigenvalue weighted by Crippen LogP contribution is -2.34. The Balaban J connectivity index is 1.43. The highest BCUT2D eigenvalue weighted by Crippen LogP contribution is 2.52. The van der Waals surface area contributed by atoms with E-state index in [2.05, 4.69) is 15.9 Å². The van der Waals surface area contributed by atoms with E-state index in [-0.39, 0.29) is 30.9 Å². The van der Waals surface area contributed by atoms with Crippen LogP contribution in [0.2, 0.25) is 0 Å². The predicted octanol–water partition coefficient (Wildman–Crippen LogP) is 9.09. The first kappa shape index (κ1) is 33.2.